The van der Waals surface area contributed by atoms with Gasteiger partial charge in [-0.2, -0.15) is 0 Å². The lowest BCUT2D eigenvalue weighted by atomic mass is 10.4. The van der Waals surface area contributed by atoms with E-state index in [1.165, 1.54) is 16.7 Å². The molecule has 0 spiro atoms. The molecule has 0 aromatic carbocycles. The highest BCUT2D eigenvalue weighted by molar-refractivity contribution is 8.26. The van der Waals surface area contributed by atoms with Gasteiger partial charge in [0.1, 0.15) is 10.1 Å². The van der Waals surface area contributed by atoms with E-state index < -0.39 is 0 Å². The third-order valence-electron chi connectivity index (χ3n) is 2.75. The van der Waals surface area contributed by atoms with E-state index in [0.29, 0.717) is 22.3 Å². The molecule has 0 aliphatic carbocycles. The largest absolute Gasteiger partial charge is 0.289 e. The number of thiocarbonyl (C=S) groups is 1. The fourth-order valence-corrected chi connectivity index (χ4v) is 2.95. The van der Waals surface area contributed by atoms with Gasteiger partial charge in [-0.05, 0) is 29.5 Å². The number of carbonyl (C=O) groups excluding carboxylic acids is 1. The molecule has 2 aliphatic rings. The van der Waals surface area contributed by atoms with Crippen LogP contribution in [0.1, 0.15) is 6.92 Å². The van der Waals surface area contributed by atoms with Crippen LogP contribution in [0, 0.1) is 0 Å². The van der Waals surface area contributed by atoms with Gasteiger partial charge in [0.25, 0.3) is 5.91 Å². The maximum absolute atomic E-state index is 12.1. The van der Waals surface area contributed by atoms with Crippen molar-refractivity contribution in [1.82, 2.24) is 14.9 Å². The summed E-state index contributed by atoms with van der Waals surface area (Å²) in [5.41, 5.74) is 0. The Labute approximate surface area is 127 Å². The Balaban J connectivity index is 2.18. The summed E-state index contributed by atoms with van der Waals surface area (Å²) in [6.45, 7) is 6.76. The maximum atomic E-state index is 12.1. The van der Waals surface area contributed by atoms with Gasteiger partial charge in [-0.3, -0.25) is 9.69 Å². The SMILES string of the molecule is C=CCN1C(=O)C(=CC=C2N(C)N=NN2CC)SC1=S. The van der Waals surface area contributed by atoms with E-state index in [-0.39, 0.29) is 5.91 Å². The number of amides is 1. The molecule has 8 heteroatoms. The predicted octanol–water partition coefficient (Wildman–Crippen LogP) is 2.31. The first kappa shape index (κ1) is 14.7. The lowest BCUT2D eigenvalue weighted by molar-refractivity contribution is -0.121. The number of hydrogen-bond acceptors (Lipinski definition) is 7. The van der Waals surface area contributed by atoms with Gasteiger partial charge in [-0.25, -0.2) is 10.0 Å². The van der Waals surface area contributed by atoms with E-state index >= 15 is 0 Å². The Bertz CT molecular complexity index is 540. The van der Waals surface area contributed by atoms with Crippen LogP contribution in [0.4, 0.5) is 0 Å². The fourth-order valence-electron chi connectivity index (χ4n) is 1.74. The van der Waals surface area contributed by atoms with Gasteiger partial charge >= 0.3 is 0 Å². The molecule has 6 nitrogen and oxygen atoms in total. The first-order chi connectivity index (χ1) is 9.58. The van der Waals surface area contributed by atoms with Crippen LogP contribution in [-0.2, 0) is 4.79 Å². The van der Waals surface area contributed by atoms with E-state index in [2.05, 4.69) is 17.0 Å². The van der Waals surface area contributed by atoms with Crippen molar-refractivity contribution < 1.29 is 4.79 Å². The lowest BCUT2D eigenvalue weighted by Gasteiger charge is -2.14. The second kappa shape index (κ2) is 6.19. The highest BCUT2D eigenvalue weighted by Gasteiger charge is 2.30. The molecule has 2 aliphatic heterocycles. The Morgan fingerprint density at radius 1 is 1.40 bits per heavy atom. The highest BCUT2D eigenvalue weighted by atomic mass is 32.2. The third-order valence-corrected chi connectivity index (χ3v) is 4.14. The molecule has 20 heavy (non-hydrogen) atoms. The van der Waals surface area contributed by atoms with Crippen molar-refractivity contribution in [3.05, 3.63) is 35.5 Å². The van der Waals surface area contributed by atoms with Gasteiger partial charge in [0.2, 0.25) is 0 Å². The molecule has 1 amide bonds. The minimum absolute atomic E-state index is 0.0886. The summed E-state index contributed by atoms with van der Waals surface area (Å²) < 4.78 is 0.557. The van der Waals surface area contributed by atoms with E-state index in [9.17, 15) is 4.79 Å². The fraction of sp³-hybridized carbons (Fsp3) is 0.333. The van der Waals surface area contributed by atoms with Crippen LogP contribution in [-0.4, -0.2) is 45.3 Å². The maximum Gasteiger partial charge on any atom is 0.266 e. The second-order valence-corrected chi connectivity index (χ2v) is 5.72. The van der Waals surface area contributed by atoms with Crippen molar-refractivity contribution >= 4 is 34.2 Å². The van der Waals surface area contributed by atoms with E-state index in [1.807, 2.05) is 20.0 Å². The summed E-state index contributed by atoms with van der Waals surface area (Å²) in [6, 6.07) is 0. The van der Waals surface area contributed by atoms with Crippen LogP contribution in [0.3, 0.4) is 0 Å². The summed E-state index contributed by atoms with van der Waals surface area (Å²) >= 11 is 6.47. The van der Waals surface area contributed by atoms with E-state index in [1.54, 1.807) is 22.2 Å². The Kier molecular flexibility index (Phi) is 4.56. The smallest absolute Gasteiger partial charge is 0.266 e. The zero-order chi connectivity index (χ0) is 14.7. The van der Waals surface area contributed by atoms with Gasteiger partial charge in [-0.15, -0.1) is 6.58 Å². The van der Waals surface area contributed by atoms with Crippen molar-refractivity contribution in [2.24, 2.45) is 10.4 Å². The van der Waals surface area contributed by atoms with Crippen molar-refractivity contribution in [2.45, 2.75) is 6.92 Å². The van der Waals surface area contributed by atoms with Gasteiger partial charge in [0, 0.05) is 20.1 Å². The molecule has 0 saturated carbocycles. The van der Waals surface area contributed by atoms with Crippen LogP contribution in [0.15, 0.2) is 46.0 Å². The molecule has 2 rings (SSSR count). The molecular formula is C12H15N5OS2. The monoisotopic (exact) mass is 309 g/mol. The van der Waals surface area contributed by atoms with Crippen molar-refractivity contribution in [2.75, 3.05) is 20.1 Å². The summed E-state index contributed by atoms with van der Waals surface area (Å²) in [5.74, 6) is 0.732. The highest BCUT2D eigenvalue weighted by Crippen LogP contribution is 2.31. The zero-order valence-electron chi connectivity index (χ0n) is 11.3. The van der Waals surface area contributed by atoms with Crippen LogP contribution < -0.4 is 0 Å². The van der Waals surface area contributed by atoms with Crippen molar-refractivity contribution in [3.63, 3.8) is 0 Å². The Morgan fingerprint density at radius 2 is 2.15 bits per heavy atom. The lowest BCUT2D eigenvalue weighted by Crippen LogP contribution is -2.27. The van der Waals surface area contributed by atoms with Crippen LogP contribution in [0.25, 0.3) is 0 Å². The van der Waals surface area contributed by atoms with E-state index in [0.717, 1.165) is 5.82 Å². The average molecular weight is 309 g/mol. The summed E-state index contributed by atoms with van der Waals surface area (Å²) in [7, 11) is 1.81. The molecule has 0 atom stereocenters. The van der Waals surface area contributed by atoms with Crippen LogP contribution in [0.2, 0.25) is 0 Å². The molecule has 0 radical (unpaired) electrons. The van der Waals surface area contributed by atoms with Crippen molar-refractivity contribution in [1.29, 1.82) is 0 Å². The molecule has 0 unspecified atom stereocenters. The molecule has 1 fully saturated rings. The third kappa shape index (κ3) is 2.75. The van der Waals surface area contributed by atoms with Crippen molar-refractivity contribution in [3.8, 4) is 0 Å². The summed E-state index contributed by atoms with van der Waals surface area (Å²) in [4.78, 5) is 14.3. The van der Waals surface area contributed by atoms with Gasteiger partial charge in [-0.1, -0.05) is 30.1 Å². The molecule has 106 valence electrons. The standard InChI is InChI=1S/C12H15N5OS2/c1-4-8-16-11(18)9(20-12(16)19)6-7-10-15(3)13-14-17(10)5-2/h4,6-7H,1,5,8H2,2-3H3. The van der Waals surface area contributed by atoms with Crippen LogP contribution >= 0.6 is 24.0 Å². The summed E-state index contributed by atoms with van der Waals surface area (Å²) in [6.07, 6.45) is 5.24. The molecule has 0 bridgehead atoms. The minimum atomic E-state index is -0.0886. The number of nitrogens with zero attached hydrogens (tertiary/aromatic N) is 5. The van der Waals surface area contributed by atoms with Gasteiger partial charge in [0.15, 0.2) is 0 Å². The number of hydrogen-bond donors (Lipinski definition) is 0. The molecule has 2 heterocycles. The minimum Gasteiger partial charge on any atom is -0.289 e. The average Bonchev–Trinajstić information content (AvgIpc) is 2.91. The molecule has 0 aromatic heterocycles. The van der Waals surface area contributed by atoms with E-state index in [4.69, 9.17) is 12.2 Å². The van der Waals surface area contributed by atoms with Gasteiger partial charge in [0.05, 0.1) is 4.91 Å². The second-order valence-electron chi connectivity index (χ2n) is 4.05. The Hall–Kier alpha value is -1.67. The first-order valence-corrected chi connectivity index (χ1v) is 7.30. The number of allylic oxidation sites excluding steroid dienone is 2. The quantitative estimate of drug-likeness (QED) is 0.453. The first-order valence-electron chi connectivity index (χ1n) is 6.07. The molecular weight excluding hydrogens is 294 g/mol. The number of rotatable bonds is 4. The summed E-state index contributed by atoms with van der Waals surface area (Å²) in [5, 5.41) is 11.3. The van der Waals surface area contributed by atoms with Gasteiger partial charge < -0.3 is 0 Å². The molecule has 1 saturated heterocycles. The number of carbonyl (C=O) groups is 1. The number of thioether (sulfide) groups is 1. The zero-order valence-corrected chi connectivity index (χ0v) is 12.9. The molecule has 0 aromatic rings. The van der Waals surface area contributed by atoms with Crippen LogP contribution in [0.5, 0.6) is 0 Å². The topological polar surface area (TPSA) is 51.5 Å². The Morgan fingerprint density at radius 3 is 2.80 bits per heavy atom. The molecule has 0 N–H and O–H groups in total. The predicted molar refractivity (Wildman–Crippen MR) is 83.3 cm³/mol. The normalized spacial score (nSPS) is 22.8.